The summed E-state index contributed by atoms with van der Waals surface area (Å²) in [7, 11) is 0. The highest BCUT2D eigenvalue weighted by atomic mass is 32.2. The molecule has 0 amide bonds. The maximum absolute atomic E-state index is 9.32. The molecule has 1 N–H and O–H groups in total. The molecule has 1 aromatic rings. The van der Waals surface area contributed by atoms with Gasteiger partial charge in [-0.25, -0.2) is 4.98 Å². The summed E-state index contributed by atoms with van der Waals surface area (Å²) >= 11 is 2.01. The van der Waals surface area contributed by atoms with Crippen LogP contribution in [-0.4, -0.2) is 21.1 Å². The molecule has 0 aliphatic carbocycles. The van der Waals surface area contributed by atoms with Crippen LogP contribution in [0.4, 0.5) is 0 Å². The number of aromatic nitrogens is 1. The van der Waals surface area contributed by atoms with Crippen LogP contribution < -0.4 is 0 Å². The van der Waals surface area contributed by atoms with Crippen molar-refractivity contribution in [1.29, 1.82) is 0 Å². The molecule has 0 aromatic carbocycles. The fraction of sp³-hybridized carbons (Fsp3) is 0.727. The molecule has 15 heavy (non-hydrogen) atoms. The summed E-state index contributed by atoms with van der Waals surface area (Å²) in [6.45, 7) is 1.71. The van der Waals surface area contributed by atoms with Gasteiger partial charge in [0.05, 0.1) is 6.10 Å². The molecular weight excluding hydrogens is 210 g/mol. The summed E-state index contributed by atoms with van der Waals surface area (Å²) < 4.78 is 5.34. The Morgan fingerprint density at radius 2 is 2.53 bits per heavy atom. The van der Waals surface area contributed by atoms with Crippen molar-refractivity contribution in [2.75, 3.05) is 5.75 Å². The van der Waals surface area contributed by atoms with Crippen molar-refractivity contribution in [1.82, 2.24) is 4.98 Å². The lowest BCUT2D eigenvalue weighted by Gasteiger charge is -2.19. The summed E-state index contributed by atoms with van der Waals surface area (Å²) in [6, 6.07) is 0. The number of thioether (sulfide) groups is 1. The average Bonchev–Trinajstić information content (AvgIpc) is 2.68. The van der Waals surface area contributed by atoms with Gasteiger partial charge in [-0.1, -0.05) is 6.42 Å². The normalized spacial score (nSPS) is 24.0. The number of aliphatic hydroxyl groups is 1. The van der Waals surface area contributed by atoms with Gasteiger partial charge in [-0.3, -0.25) is 0 Å². The Balaban J connectivity index is 1.91. The third kappa shape index (κ3) is 2.98. The van der Waals surface area contributed by atoms with Crippen LogP contribution in [0.15, 0.2) is 10.7 Å². The second-order valence-corrected chi connectivity index (χ2v) is 5.44. The Morgan fingerprint density at radius 3 is 3.13 bits per heavy atom. The van der Waals surface area contributed by atoms with Crippen LogP contribution in [0.2, 0.25) is 0 Å². The van der Waals surface area contributed by atoms with Gasteiger partial charge in [0.1, 0.15) is 12.0 Å². The van der Waals surface area contributed by atoms with Crippen LogP contribution in [0.5, 0.6) is 0 Å². The Labute approximate surface area is 94.3 Å². The molecule has 0 radical (unpaired) electrons. The first-order chi connectivity index (χ1) is 7.25. The summed E-state index contributed by atoms with van der Waals surface area (Å²) in [6.07, 6.45) is 5.86. The smallest absolute Gasteiger partial charge is 0.195 e. The third-order valence-electron chi connectivity index (χ3n) is 2.67. The van der Waals surface area contributed by atoms with Gasteiger partial charge in [0.25, 0.3) is 0 Å². The average molecular weight is 227 g/mol. The van der Waals surface area contributed by atoms with E-state index in [1.807, 2.05) is 11.8 Å². The van der Waals surface area contributed by atoms with Crippen molar-refractivity contribution >= 4 is 11.8 Å². The van der Waals surface area contributed by atoms with E-state index in [1.54, 1.807) is 13.2 Å². The summed E-state index contributed by atoms with van der Waals surface area (Å²) in [5.41, 5.74) is 0.644. The highest BCUT2D eigenvalue weighted by Crippen LogP contribution is 2.27. The Bertz CT molecular complexity index is 305. The maximum Gasteiger partial charge on any atom is 0.195 e. The molecule has 1 saturated heterocycles. The van der Waals surface area contributed by atoms with Crippen molar-refractivity contribution in [3.63, 3.8) is 0 Å². The van der Waals surface area contributed by atoms with E-state index < -0.39 is 6.10 Å². The number of rotatable bonds is 3. The lowest BCUT2D eigenvalue weighted by atomic mass is 10.1. The van der Waals surface area contributed by atoms with Crippen molar-refractivity contribution in [2.45, 2.75) is 44.0 Å². The van der Waals surface area contributed by atoms with Crippen LogP contribution in [0.25, 0.3) is 0 Å². The quantitative estimate of drug-likeness (QED) is 0.862. The van der Waals surface area contributed by atoms with E-state index in [4.69, 9.17) is 4.42 Å². The van der Waals surface area contributed by atoms with Crippen molar-refractivity contribution < 1.29 is 9.52 Å². The molecule has 4 heteroatoms. The number of hydrogen-bond donors (Lipinski definition) is 1. The van der Waals surface area contributed by atoms with E-state index in [0.29, 0.717) is 10.9 Å². The Hall–Kier alpha value is -0.480. The van der Waals surface area contributed by atoms with E-state index in [0.717, 1.165) is 12.3 Å². The predicted molar refractivity (Wildman–Crippen MR) is 60.9 cm³/mol. The van der Waals surface area contributed by atoms with Gasteiger partial charge in [0.15, 0.2) is 5.89 Å². The largest absolute Gasteiger partial charge is 0.449 e. The minimum Gasteiger partial charge on any atom is -0.449 e. The van der Waals surface area contributed by atoms with Crippen LogP contribution >= 0.6 is 11.8 Å². The highest BCUT2D eigenvalue weighted by Gasteiger charge is 2.17. The van der Waals surface area contributed by atoms with Gasteiger partial charge < -0.3 is 9.52 Å². The molecule has 0 bridgehead atoms. The molecule has 3 nitrogen and oxygen atoms in total. The van der Waals surface area contributed by atoms with Gasteiger partial charge in [0, 0.05) is 11.7 Å². The van der Waals surface area contributed by atoms with Gasteiger partial charge in [-0.15, -0.1) is 0 Å². The van der Waals surface area contributed by atoms with Gasteiger partial charge in [0.2, 0.25) is 0 Å². The third-order valence-corrected chi connectivity index (χ3v) is 4.07. The minimum absolute atomic E-state index is 0.526. The molecule has 1 aliphatic rings. The van der Waals surface area contributed by atoms with Crippen molar-refractivity contribution in [3.8, 4) is 0 Å². The number of nitrogens with zero attached hydrogens (tertiary/aromatic N) is 1. The van der Waals surface area contributed by atoms with E-state index >= 15 is 0 Å². The van der Waals surface area contributed by atoms with Gasteiger partial charge in [-0.2, -0.15) is 11.8 Å². The molecule has 2 atom stereocenters. The lowest BCUT2D eigenvalue weighted by Crippen LogP contribution is -2.12. The van der Waals surface area contributed by atoms with E-state index in [9.17, 15) is 5.11 Å². The minimum atomic E-state index is -0.526. The standard InChI is InChI=1S/C11H17NO2S/c1-8(13)10-7-14-11(12-10)6-9-4-2-3-5-15-9/h7-9,13H,2-6H2,1H3. The first kappa shape index (κ1) is 11.0. The predicted octanol–water partition coefficient (Wildman–Crippen LogP) is 2.56. The summed E-state index contributed by atoms with van der Waals surface area (Å²) in [5, 5.41) is 9.97. The molecule has 1 aromatic heterocycles. The number of aliphatic hydroxyl groups excluding tert-OH is 1. The lowest BCUT2D eigenvalue weighted by molar-refractivity contribution is 0.194. The van der Waals surface area contributed by atoms with Crippen molar-refractivity contribution in [2.24, 2.45) is 0 Å². The van der Waals surface area contributed by atoms with Gasteiger partial charge >= 0.3 is 0 Å². The molecule has 0 spiro atoms. The zero-order valence-electron chi connectivity index (χ0n) is 8.98. The SMILES string of the molecule is CC(O)c1coc(CC2CCCCS2)n1. The monoisotopic (exact) mass is 227 g/mol. The molecule has 2 rings (SSSR count). The van der Waals surface area contributed by atoms with Crippen LogP contribution in [0.1, 0.15) is 43.9 Å². The molecule has 2 heterocycles. The second-order valence-electron chi connectivity index (χ2n) is 4.03. The molecule has 0 saturated carbocycles. The van der Waals surface area contributed by atoms with E-state index in [-0.39, 0.29) is 0 Å². The number of oxazole rings is 1. The Kier molecular flexibility index (Phi) is 3.70. The van der Waals surface area contributed by atoms with Crippen LogP contribution in [0, 0.1) is 0 Å². The van der Waals surface area contributed by atoms with E-state index in [2.05, 4.69) is 4.98 Å². The fourth-order valence-corrected chi connectivity index (χ4v) is 3.07. The van der Waals surface area contributed by atoms with Crippen LogP contribution in [0.3, 0.4) is 0 Å². The summed E-state index contributed by atoms with van der Waals surface area (Å²) in [4.78, 5) is 4.27. The topological polar surface area (TPSA) is 46.3 Å². The fourth-order valence-electron chi connectivity index (χ4n) is 1.77. The maximum atomic E-state index is 9.32. The van der Waals surface area contributed by atoms with Crippen LogP contribution in [-0.2, 0) is 6.42 Å². The van der Waals surface area contributed by atoms with Crippen molar-refractivity contribution in [3.05, 3.63) is 17.8 Å². The highest BCUT2D eigenvalue weighted by molar-refractivity contribution is 7.99. The molecule has 2 unspecified atom stereocenters. The van der Waals surface area contributed by atoms with E-state index in [1.165, 1.54) is 25.0 Å². The first-order valence-electron chi connectivity index (χ1n) is 5.49. The second kappa shape index (κ2) is 5.03. The zero-order chi connectivity index (χ0) is 10.7. The molecule has 1 aliphatic heterocycles. The molecule has 1 fully saturated rings. The Morgan fingerprint density at radius 1 is 1.67 bits per heavy atom. The molecular formula is C11H17NO2S. The zero-order valence-corrected chi connectivity index (χ0v) is 9.80. The first-order valence-corrected chi connectivity index (χ1v) is 6.54. The molecule has 84 valence electrons. The van der Waals surface area contributed by atoms with Gasteiger partial charge in [-0.05, 0) is 25.5 Å². The summed E-state index contributed by atoms with van der Waals surface area (Å²) in [5.74, 6) is 2.03. The number of hydrogen-bond acceptors (Lipinski definition) is 4.